The summed E-state index contributed by atoms with van der Waals surface area (Å²) in [6, 6.07) is 51.0. The molecule has 1 aliphatic heterocycles. The zero-order valence-corrected chi connectivity index (χ0v) is 53.7. The van der Waals surface area contributed by atoms with Gasteiger partial charge in [0.2, 0.25) is 0 Å². The highest BCUT2D eigenvalue weighted by Crippen LogP contribution is 2.51. The van der Waals surface area contributed by atoms with E-state index in [0.717, 1.165) is 44.5 Å². The Morgan fingerprint density at radius 1 is 0.750 bits per heavy atom. The van der Waals surface area contributed by atoms with Crippen LogP contribution in [0.25, 0.3) is 22.3 Å². The molecule has 92 heavy (non-hydrogen) atoms. The fourth-order valence-corrected chi connectivity index (χ4v) is 13.6. The lowest BCUT2D eigenvalue weighted by atomic mass is 9.80. The lowest BCUT2D eigenvalue weighted by Crippen LogP contribution is -2.39. The summed E-state index contributed by atoms with van der Waals surface area (Å²) in [6.45, 7) is 8.63. The predicted molar refractivity (Wildman–Crippen MR) is 348 cm³/mol. The highest BCUT2D eigenvalue weighted by Gasteiger charge is 2.45. The molecule has 0 bridgehead atoms. The maximum Gasteiger partial charge on any atom is 0.409 e. The van der Waals surface area contributed by atoms with Gasteiger partial charge in [-0.05, 0) is 121 Å². The molecular formula is C71H77N8O12P. The fourth-order valence-electron chi connectivity index (χ4n) is 11.8. The van der Waals surface area contributed by atoms with Crippen molar-refractivity contribution in [2.45, 2.75) is 108 Å². The molecule has 3 heterocycles. The summed E-state index contributed by atoms with van der Waals surface area (Å²) in [5, 5.41) is 12.5. The predicted octanol–water partition coefficient (Wildman–Crippen LogP) is 12.8. The third kappa shape index (κ3) is 15.3. The van der Waals surface area contributed by atoms with Crippen molar-refractivity contribution in [3.8, 4) is 28.7 Å². The largest absolute Gasteiger partial charge is 0.497 e. The van der Waals surface area contributed by atoms with Gasteiger partial charge in [-0.1, -0.05) is 115 Å². The van der Waals surface area contributed by atoms with Crippen LogP contribution >= 0.6 is 8.53 Å². The number of methoxy groups -OCH3 is 2. The van der Waals surface area contributed by atoms with E-state index in [1.165, 1.54) is 11.2 Å². The first-order valence-corrected chi connectivity index (χ1v) is 32.0. The number of nitrogens with zero attached hydrogens (tertiary/aromatic N) is 7. The summed E-state index contributed by atoms with van der Waals surface area (Å²) < 4.78 is 54.2. The number of aromatic nitrogens is 4. The first kappa shape index (κ1) is 66.0. The standard InChI is InChI=1S/C71H77N8O12P/c1-47(2)79(48(3)4)92(89-40-16-38-72)91-62-41-64(90-63(62)44-88-71(51-17-9-8-10-18-51,52-29-34-55(84-6)35-30-52)53-31-36-56(85-7)37-32-53)78-46-75-66-67(73-45-74-68(66)78)76-69(82)50-27-24-49(25-28-50)26-33-54(80)42-86-65(81)23-15-39-77(5)70(83)87-43-61-59-21-13-11-19-57(59)58-20-12-14-22-60(58)61/h8-14,17-22,24-25,27-32,34-37,45-48,61-64H,15-16,23,26,33,39-44H2,1-7H3,(H,73,74,76,82). The van der Waals surface area contributed by atoms with Gasteiger partial charge in [0.05, 0.1) is 52.4 Å². The lowest BCUT2D eigenvalue weighted by Gasteiger charge is -2.39. The zero-order valence-electron chi connectivity index (χ0n) is 52.8. The second-order valence-electron chi connectivity index (χ2n) is 23.1. The number of rotatable bonds is 30. The van der Waals surface area contributed by atoms with Gasteiger partial charge in [0, 0.05) is 56.4 Å². The number of nitrogens with one attached hydrogen (secondary N) is 1. The Morgan fingerprint density at radius 3 is 1.99 bits per heavy atom. The van der Waals surface area contributed by atoms with E-state index in [9.17, 15) is 24.4 Å². The number of nitriles is 1. The number of ketones is 1. The number of benzene rings is 6. The van der Waals surface area contributed by atoms with E-state index in [-0.39, 0.29) is 81.8 Å². The van der Waals surface area contributed by atoms with Crippen LogP contribution in [0.15, 0.2) is 164 Å². The molecule has 0 radical (unpaired) electrons. The molecule has 1 saturated heterocycles. The number of hydrogen-bond acceptors (Lipinski definition) is 17. The van der Waals surface area contributed by atoms with Gasteiger partial charge in [-0.3, -0.25) is 19.0 Å². The number of amides is 2. The third-order valence-corrected chi connectivity index (χ3v) is 18.6. The number of ether oxygens (including phenoxy) is 6. The second kappa shape index (κ2) is 30.9. The van der Waals surface area contributed by atoms with Crippen molar-refractivity contribution in [2.75, 3.05) is 59.6 Å². The maximum absolute atomic E-state index is 13.9. The van der Waals surface area contributed by atoms with Gasteiger partial charge in [0.1, 0.15) is 49.0 Å². The molecule has 6 aromatic carbocycles. The number of esters is 1. The van der Waals surface area contributed by atoms with Crippen LogP contribution in [0.3, 0.4) is 0 Å². The van der Waals surface area contributed by atoms with E-state index in [0.29, 0.717) is 47.5 Å². The van der Waals surface area contributed by atoms with Crippen molar-refractivity contribution in [1.29, 1.82) is 5.26 Å². The highest BCUT2D eigenvalue weighted by molar-refractivity contribution is 7.44. The summed E-state index contributed by atoms with van der Waals surface area (Å²) in [4.78, 5) is 67.5. The van der Waals surface area contributed by atoms with Crippen molar-refractivity contribution >= 4 is 49.3 Å². The van der Waals surface area contributed by atoms with Crippen molar-refractivity contribution in [1.82, 2.24) is 29.1 Å². The summed E-state index contributed by atoms with van der Waals surface area (Å²) in [7, 11) is 3.15. The molecule has 0 spiro atoms. The molecule has 2 aliphatic rings. The Balaban J connectivity index is 0.769. The number of anilines is 1. The summed E-state index contributed by atoms with van der Waals surface area (Å²) in [6.07, 6.45) is 1.79. The molecule has 0 saturated carbocycles. The van der Waals surface area contributed by atoms with E-state index >= 15 is 0 Å². The molecule has 478 valence electrons. The average molecular weight is 1270 g/mol. The minimum atomic E-state index is -1.73. The summed E-state index contributed by atoms with van der Waals surface area (Å²) in [5.41, 5.74) is 7.77. The number of aryl methyl sites for hydroxylation is 1. The normalized spacial score (nSPS) is 15.6. The van der Waals surface area contributed by atoms with Gasteiger partial charge >= 0.3 is 12.1 Å². The van der Waals surface area contributed by atoms with Crippen LogP contribution in [0.1, 0.15) is 116 Å². The average Bonchev–Trinajstić information content (AvgIpc) is 1.05. The molecule has 10 rings (SSSR count). The highest BCUT2D eigenvalue weighted by atomic mass is 31.2. The maximum atomic E-state index is 13.9. The lowest BCUT2D eigenvalue weighted by molar-refractivity contribution is -0.148. The molecule has 4 atom stereocenters. The Morgan fingerprint density at radius 2 is 1.37 bits per heavy atom. The van der Waals surface area contributed by atoms with E-state index in [4.69, 9.17) is 42.5 Å². The van der Waals surface area contributed by atoms with Gasteiger partial charge in [-0.2, -0.15) is 5.26 Å². The molecular weight excluding hydrogens is 1190 g/mol. The van der Waals surface area contributed by atoms with Crippen molar-refractivity contribution in [3.63, 3.8) is 0 Å². The SMILES string of the molecule is COc1ccc(C(OCC2OC(n3cnc4c(NC(=O)c5ccc(CCC(=O)COC(=O)CCCN(C)C(=O)OCC6c7ccccc7-c7ccccc76)cc5)ncnc43)CC2OP(OCCC#N)N(C(C)C)C(C)C)(c2ccccc2)c2ccc(OC)cc2)cc1. The van der Waals surface area contributed by atoms with Crippen molar-refractivity contribution in [2.24, 2.45) is 0 Å². The minimum absolute atomic E-state index is 0.0256. The topological polar surface area (TPSA) is 228 Å². The number of carbonyl (C=O) groups is 4. The van der Waals surface area contributed by atoms with Crippen LogP contribution in [0.5, 0.6) is 11.5 Å². The molecule has 21 heteroatoms. The fraction of sp³-hybridized carbons (Fsp3) is 0.352. The number of hydrogen-bond donors (Lipinski definition) is 1. The van der Waals surface area contributed by atoms with Crippen LogP contribution in [0, 0.1) is 11.3 Å². The Labute approximate surface area is 537 Å². The van der Waals surface area contributed by atoms with Crippen LogP contribution in [-0.2, 0) is 49.6 Å². The van der Waals surface area contributed by atoms with Crippen LogP contribution < -0.4 is 14.8 Å². The smallest absolute Gasteiger partial charge is 0.409 e. The van der Waals surface area contributed by atoms with Crippen LogP contribution in [0.2, 0.25) is 0 Å². The summed E-state index contributed by atoms with van der Waals surface area (Å²) in [5.74, 6) is 0.257. The molecule has 20 nitrogen and oxygen atoms in total. The molecule has 2 aromatic heterocycles. The first-order valence-electron chi connectivity index (χ1n) is 30.9. The molecule has 1 fully saturated rings. The van der Waals surface area contributed by atoms with E-state index in [1.807, 2.05) is 103 Å². The van der Waals surface area contributed by atoms with Crippen LogP contribution in [-0.4, -0.2) is 131 Å². The van der Waals surface area contributed by atoms with Gasteiger partial charge in [0.25, 0.3) is 14.4 Å². The van der Waals surface area contributed by atoms with Gasteiger partial charge in [-0.25, -0.2) is 24.4 Å². The van der Waals surface area contributed by atoms with Crippen molar-refractivity contribution in [3.05, 3.63) is 203 Å². The van der Waals surface area contributed by atoms with Gasteiger partial charge in [0.15, 0.2) is 22.8 Å². The van der Waals surface area contributed by atoms with E-state index in [2.05, 4.69) is 78.0 Å². The molecule has 4 unspecified atom stereocenters. The van der Waals surface area contributed by atoms with Gasteiger partial charge in [-0.15, -0.1) is 0 Å². The third-order valence-electron chi connectivity index (χ3n) is 16.4. The number of carbonyl (C=O) groups excluding carboxylic acids is 4. The van der Waals surface area contributed by atoms with E-state index < -0.39 is 50.5 Å². The Kier molecular flexibility index (Phi) is 22.2. The van der Waals surface area contributed by atoms with Crippen LogP contribution in [0.4, 0.5) is 10.6 Å². The molecule has 2 amide bonds. The molecule has 1 N–H and O–H groups in total. The second-order valence-corrected chi connectivity index (χ2v) is 24.5. The molecule has 1 aliphatic carbocycles. The Hall–Kier alpha value is -8.93. The number of Topliss-reactive ketones (excluding diaryl/α,β-unsaturated/α-hetero) is 1. The quantitative estimate of drug-likeness (QED) is 0.0191. The molecule has 8 aromatic rings. The number of fused-ring (bicyclic) bond motifs is 4. The summed E-state index contributed by atoms with van der Waals surface area (Å²) >= 11 is 0. The number of imidazole rings is 1. The monoisotopic (exact) mass is 1260 g/mol. The first-order chi connectivity index (χ1) is 44.7. The Bertz CT molecular complexity index is 3740. The van der Waals surface area contributed by atoms with E-state index in [1.54, 1.807) is 56.4 Å². The minimum Gasteiger partial charge on any atom is -0.497 e. The zero-order chi connectivity index (χ0) is 64.7. The van der Waals surface area contributed by atoms with Crippen molar-refractivity contribution < 1.29 is 56.6 Å². The van der Waals surface area contributed by atoms with Gasteiger partial charge < -0.3 is 47.7 Å².